The van der Waals surface area contributed by atoms with Crippen molar-refractivity contribution in [3.05, 3.63) is 45.1 Å². The van der Waals surface area contributed by atoms with Crippen LogP contribution in [0.25, 0.3) is 0 Å². The predicted octanol–water partition coefficient (Wildman–Crippen LogP) is 2.08. The van der Waals surface area contributed by atoms with Crippen LogP contribution in [0.5, 0.6) is 0 Å². The Kier molecular flexibility index (Phi) is 4.85. The van der Waals surface area contributed by atoms with Gasteiger partial charge in [-0.1, -0.05) is 0 Å². The number of fused-ring (bicyclic) bond motifs is 1. The number of aryl methyl sites for hydroxylation is 4. The molecule has 4 rings (SSSR count). The van der Waals surface area contributed by atoms with Gasteiger partial charge in [-0.05, 0) is 69.9 Å². The summed E-state index contributed by atoms with van der Waals surface area (Å²) in [4.78, 5) is 24.9. The second kappa shape index (κ2) is 7.29. The van der Waals surface area contributed by atoms with E-state index in [2.05, 4.69) is 15.5 Å². The average Bonchev–Trinajstić information content (AvgIpc) is 3.01. The molecule has 1 amide bonds. The van der Waals surface area contributed by atoms with Crippen molar-refractivity contribution in [3.8, 4) is 0 Å². The Morgan fingerprint density at radius 3 is 2.56 bits per heavy atom. The summed E-state index contributed by atoms with van der Waals surface area (Å²) in [6, 6.07) is 3.86. The fourth-order valence-corrected chi connectivity index (χ4v) is 4.23. The smallest absolute Gasteiger partial charge is 0.272 e. The summed E-state index contributed by atoms with van der Waals surface area (Å²) in [5.74, 6) is -0.119. The highest BCUT2D eigenvalue weighted by atomic mass is 16.2. The molecule has 1 fully saturated rings. The van der Waals surface area contributed by atoms with Gasteiger partial charge in [0.15, 0.2) is 0 Å². The number of carbonyl (C=O) groups excluding carboxylic acids is 1. The second-order valence-electron chi connectivity index (χ2n) is 7.88. The van der Waals surface area contributed by atoms with Crippen LogP contribution in [0.1, 0.15) is 72.0 Å². The number of hydrogen-bond acceptors (Lipinski definition) is 4. The summed E-state index contributed by atoms with van der Waals surface area (Å²) >= 11 is 0. The molecule has 2 aliphatic rings. The molecule has 144 valence electrons. The topological polar surface area (TPSA) is 81.8 Å². The van der Waals surface area contributed by atoms with Crippen molar-refractivity contribution in [2.75, 3.05) is 0 Å². The standard InChI is InChI=1S/C20H27N5O2/c1-13-11-18(22-24(13)2)20(27)21-15-7-9-16(10-8-15)25-19(26)12-14-5-3-4-6-17(14)23-25/h11-12,15-16H,3-10H2,1-2H3,(H,21,27). The summed E-state index contributed by atoms with van der Waals surface area (Å²) in [6.07, 6.45) is 7.69. The lowest BCUT2D eigenvalue weighted by atomic mass is 9.91. The molecule has 0 atom stereocenters. The maximum atomic E-state index is 12.5. The van der Waals surface area contributed by atoms with Crippen molar-refractivity contribution >= 4 is 5.91 Å². The molecule has 27 heavy (non-hydrogen) atoms. The van der Waals surface area contributed by atoms with E-state index in [1.165, 1.54) is 0 Å². The van der Waals surface area contributed by atoms with Crippen molar-refractivity contribution < 1.29 is 4.79 Å². The molecular weight excluding hydrogens is 342 g/mol. The third kappa shape index (κ3) is 3.68. The first-order valence-electron chi connectivity index (χ1n) is 9.94. The van der Waals surface area contributed by atoms with Crippen molar-refractivity contribution in [1.82, 2.24) is 24.9 Å². The van der Waals surface area contributed by atoms with E-state index in [-0.39, 0.29) is 23.6 Å². The van der Waals surface area contributed by atoms with Gasteiger partial charge in [-0.3, -0.25) is 14.3 Å². The summed E-state index contributed by atoms with van der Waals surface area (Å²) in [5.41, 5.74) is 3.68. The van der Waals surface area contributed by atoms with E-state index in [1.54, 1.807) is 21.5 Å². The van der Waals surface area contributed by atoms with Gasteiger partial charge in [0.2, 0.25) is 0 Å². The van der Waals surface area contributed by atoms with Gasteiger partial charge in [-0.15, -0.1) is 0 Å². The number of aromatic nitrogens is 4. The van der Waals surface area contributed by atoms with Crippen LogP contribution in [0.3, 0.4) is 0 Å². The molecule has 0 saturated heterocycles. The summed E-state index contributed by atoms with van der Waals surface area (Å²) in [7, 11) is 1.83. The van der Waals surface area contributed by atoms with Crippen molar-refractivity contribution in [3.63, 3.8) is 0 Å². The molecule has 2 aromatic rings. The van der Waals surface area contributed by atoms with Gasteiger partial charge in [0, 0.05) is 24.8 Å². The fraction of sp³-hybridized carbons (Fsp3) is 0.600. The van der Waals surface area contributed by atoms with Gasteiger partial charge >= 0.3 is 0 Å². The molecule has 0 aliphatic heterocycles. The third-order valence-corrected chi connectivity index (χ3v) is 5.96. The Morgan fingerprint density at radius 1 is 1.11 bits per heavy atom. The zero-order valence-electron chi connectivity index (χ0n) is 16.1. The Bertz CT molecular complexity index is 886. The maximum absolute atomic E-state index is 12.5. The van der Waals surface area contributed by atoms with E-state index in [4.69, 9.17) is 0 Å². The third-order valence-electron chi connectivity index (χ3n) is 5.96. The SMILES string of the molecule is Cc1cc(C(=O)NC2CCC(n3nc4c(cc3=O)CCCC4)CC2)nn1C. The summed E-state index contributed by atoms with van der Waals surface area (Å²) in [6.45, 7) is 1.93. The number of nitrogens with zero attached hydrogens (tertiary/aromatic N) is 4. The molecule has 0 radical (unpaired) electrons. The van der Waals surface area contributed by atoms with Crippen LogP contribution in [0.2, 0.25) is 0 Å². The summed E-state index contributed by atoms with van der Waals surface area (Å²) < 4.78 is 3.41. The average molecular weight is 369 g/mol. The minimum Gasteiger partial charge on any atom is -0.348 e. The molecule has 0 unspecified atom stereocenters. The van der Waals surface area contributed by atoms with Gasteiger partial charge in [0.25, 0.3) is 11.5 Å². The van der Waals surface area contributed by atoms with Crippen LogP contribution in [0.15, 0.2) is 16.9 Å². The zero-order valence-corrected chi connectivity index (χ0v) is 16.1. The summed E-state index contributed by atoms with van der Waals surface area (Å²) in [5, 5.41) is 12.0. The quantitative estimate of drug-likeness (QED) is 0.898. The van der Waals surface area contributed by atoms with E-state index < -0.39 is 0 Å². The van der Waals surface area contributed by atoms with Crippen LogP contribution >= 0.6 is 0 Å². The van der Waals surface area contributed by atoms with Crippen molar-refractivity contribution in [2.45, 2.75) is 70.4 Å². The monoisotopic (exact) mass is 369 g/mol. The number of carbonyl (C=O) groups is 1. The molecule has 1 N–H and O–H groups in total. The van der Waals surface area contributed by atoms with Crippen molar-refractivity contribution in [2.24, 2.45) is 7.05 Å². The number of rotatable bonds is 3. The van der Waals surface area contributed by atoms with Crippen LogP contribution in [0, 0.1) is 6.92 Å². The van der Waals surface area contributed by atoms with Crippen LogP contribution < -0.4 is 10.9 Å². The molecule has 0 spiro atoms. The van der Waals surface area contributed by atoms with Crippen LogP contribution in [-0.4, -0.2) is 31.5 Å². The molecule has 1 saturated carbocycles. The molecule has 2 aromatic heterocycles. The highest BCUT2D eigenvalue weighted by molar-refractivity contribution is 5.92. The minimum absolute atomic E-state index is 0.0205. The molecule has 2 aliphatic carbocycles. The lowest BCUT2D eigenvalue weighted by Gasteiger charge is -2.30. The Labute approximate surface area is 158 Å². The van der Waals surface area contributed by atoms with Gasteiger partial charge in [-0.2, -0.15) is 10.2 Å². The molecular formula is C20H27N5O2. The predicted molar refractivity (Wildman–Crippen MR) is 102 cm³/mol. The molecule has 7 nitrogen and oxygen atoms in total. The van der Waals surface area contributed by atoms with Crippen LogP contribution in [-0.2, 0) is 19.9 Å². The Balaban J connectivity index is 1.39. The van der Waals surface area contributed by atoms with Gasteiger partial charge in [0.05, 0.1) is 11.7 Å². The van der Waals surface area contributed by atoms with Gasteiger partial charge in [0.1, 0.15) is 5.69 Å². The molecule has 0 bridgehead atoms. The Morgan fingerprint density at radius 2 is 1.85 bits per heavy atom. The van der Waals surface area contributed by atoms with E-state index >= 15 is 0 Å². The van der Waals surface area contributed by atoms with E-state index in [9.17, 15) is 9.59 Å². The number of hydrogen-bond donors (Lipinski definition) is 1. The molecule has 7 heteroatoms. The van der Waals surface area contributed by atoms with Crippen LogP contribution in [0.4, 0.5) is 0 Å². The van der Waals surface area contributed by atoms with Gasteiger partial charge in [-0.25, -0.2) is 4.68 Å². The number of amides is 1. The lowest BCUT2D eigenvalue weighted by Crippen LogP contribution is -2.40. The molecule has 2 heterocycles. The largest absolute Gasteiger partial charge is 0.348 e. The minimum atomic E-state index is -0.119. The molecule has 0 aromatic carbocycles. The first kappa shape index (κ1) is 17.9. The van der Waals surface area contributed by atoms with Crippen molar-refractivity contribution in [1.29, 1.82) is 0 Å². The Hall–Kier alpha value is -2.44. The zero-order chi connectivity index (χ0) is 19.0. The van der Waals surface area contributed by atoms with E-state index in [0.29, 0.717) is 5.69 Å². The lowest BCUT2D eigenvalue weighted by molar-refractivity contribution is 0.0915. The highest BCUT2D eigenvalue weighted by Gasteiger charge is 2.26. The highest BCUT2D eigenvalue weighted by Crippen LogP contribution is 2.28. The van der Waals surface area contributed by atoms with E-state index in [0.717, 1.165) is 68.3 Å². The maximum Gasteiger partial charge on any atom is 0.272 e. The first-order valence-corrected chi connectivity index (χ1v) is 9.94. The second-order valence-corrected chi connectivity index (χ2v) is 7.88. The fourth-order valence-electron chi connectivity index (χ4n) is 4.23. The van der Waals surface area contributed by atoms with E-state index in [1.807, 2.05) is 14.0 Å². The van der Waals surface area contributed by atoms with Gasteiger partial charge < -0.3 is 5.32 Å². The first-order chi connectivity index (χ1) is 13.0. The number of nitrogens with one attached hydrogen (secondary N) is 1. The normalized spacial score (nSPS) is 22.3.